The first-order chi connectivity index (χ1) is 44.2. The topological polar surface area (TPSA) is 58.4 Å². The molecule has 0 atom stereocenters. The second-order valence-electron chi connectivity index (χ2n) is 23.1. The summed E-state index contributed by atoms with van der Waals surface area (Å²) in [7, 11) is -3.07. The van der Waals surface area contributed by atoms with Crippen molar-refractivity contribution in [3.63, 3.8) is 0 Å². The minimum absolute atomic E-state index is 0.608. The second kappa shape index (κ2) is 20.2. The van der Waals surface area contributed by atoms with Gasteiger partial charge in [-0.15, -0.1) is 0 Å². The molecule has 0 spiro atoms. The summed E-state index contributed by atoms with van der Waals surface area (Å²) >= 11 is 0. The van der Waals surface area contributed by atoms with Crippen LogP contribution in [0, 0.1) is 0 Å². The van der Waals surface area contributed by atoms with Crippen molar-refractivity contribution in [2.45, 2.75) is 0 Å². The highest BCUT2D eigenvalue weighted by Crippen LogP contribution is 2.39. The van der Waals surface area contributed by atoms with Gasteiger partial charge in [0, 0.05) is 54.7 Å². The van der Waals surface area contributed by atoms with E-state index in [2.05, 4.69) is 340 Å². The van der Waals surface area contributed by atoms with Crippen LogP contribution >= 0.6 is 0 Å². The molecule has 0 bridgehead atoms. The van der Waals surface area contributed by atoms with Crippen LogP contribution in [-0.2, 0) is 0 Å². The minimum Gasteiger partial charge on any atom is -0.294 e. The van der Waals surface area contributed by atoms with E-state index in [1.165, 1.54) is 53.1 Å². The Labute approximate surface area is 513 Å². The Morgan fingerprint density at radius 2 is 0.472 bits per heavy atom. The fraction of sp³-hybridized carbons (Fsp3) is 0. The molecule has 0 unspecified atom stereocenters. The Hall–Kier alpha value is -11.7. The van der Waals surface area contributed by atoms with E-state index in [0.717, 1.165) is 94.7 Å². The maximum absolute atomic E-state index is 5.65. The standard InChI is InChI=1S/C81H53N7Si/c1-3-23-57(24-4-1)89(58-25-5-2-6-26-58,59-47-43-54(44-48-59)56-51-78(85-70-35-15-7-27-61(70)62-28-8-16-36-71(62)85)83-79(52-56)86-72-37-17-9-29-63(72)64-30-10-18-38-73(64)86)60-49-45-55(46-50-60)69-53-80(87-74-39-19-11-31-65(74)66-32-12-20-40-75(66)87)84-81(82-69)88-76-41-21-13-33-67(76)68-34-14-22-42-77(68)88/h1-53H. The first-order valence-corrected chi connectivity index (χ1v) is 32.3. The molecule has 0 aliphatic rings. The summed E-state index contributed by atoms with van der Waals surface area (Å²) in [5.74, 6) is 3.11. The van der Waals surface area contributed by atoms with Crippen LogP contribution in [0.25, 0.3) is 133 Å². The van der Waals surface area contributed by atoms with Crippen LogP contribution in [-0.4, -0.2) is 41.3 Å². The van der Waals surface area contributed by atoms with E-state index >= 15 is 0 Å². The van der Waals surface area contributed by atoms with Crippen molar-refractivity contribution in [1.82, 2.24) is 33.2 Å². The number of pyridine rings is 1. The van der Waals surface area contributed by atoms with Gasteiger partial charge >= 0.3 is 0 Å². The van der Waals surface area contributed by atoms with Crippen molar-refractivity contribution < 1.29 is 0 Å². The zero-order valence-electron chi connectivity index (χ0n) is 48.2. The quantitative estimate of drug-likeness (QED) is 0.101. The van der Waals surface area contributed by atoms with E-state index in [-0.39, 0.29) is 0 Å². The van der Waals surface area contributed by atoms with E-state index in [9.17, 15) is 0 Å². The number of nitrogens with zero attached hydrogens (tertiary/aromatic N) is 7. The normalized spacial score (nSPS) is 12.0. The predicted molar refractivity (Wildman–Crippen MR) is 372 cm³/mol. The van der Waals surface area contributed by atoms with Gasteiger partial charge in [0.1, 0.15) is 17.5 Å². The van der Waals surface area contributed by atoms with Crippen LogP contribution in [0.5, 0.6) is 0 Å². The Kier molecular flexibility index (Phi) is 11.5. The van der Waals surface area contributed by atoms with Crippen molar-refractivity contribution in [3.05, 3.63) is 322 Å². The summed E-state index contributed by atoms with van der Waals surface area (Å²) in [6.07, 6.45) is 0. The number of para-hydroxylation sites is 8. The number of hydrogen-bond acceptors (Lipinski definition) is 3. The molecule has 6 aromatic heterocycles. The van der Waals surface area contributed by atoms with Crippen molar-refractivity contribution in [2.24, 2.45) is 0 Å². The lowest BCUT2D eigenvalue weighted by Crippen LogP contribution is -2.74. The lowest BCUT2D eigenvalue weighted by Gasteiger charge is -2.34. The van der Waals surface area contributed by atoms with Crippen molar-refractivity contribution in [3.8, 4) is 45.8 Å². The summed E-state index contributed by atoms with van der Waals surface area (Å²) in [5, 5.41) is 14.6. The van der Waals surface area contributed by atoms with Gasteiger partial charge in [-0.25, -0.2) is 9.97 Å². The average molecular weight is 1150 g/mol. The molecule has 8 heteroatoms. The Bertz CT molecular complexity index is 4960. The van der Waals surface area contributed by atoms with Crippen LogP contribution in [0.15, 0.2) is 322 Å². The van der Waals surface area contributed by atoms with Gasteiger partial charge in [-0.1, -0.05) is 255 Å². The summed E-state index contributed by atoms with van der Waals surface area (Å²) in [4.78, 5) is 16.8. The predicted octanol–water partition coefficient (Wildman–Crippen LogP) is 17.0. The van der Waals surface area contributed by atoms with Gasteiger partial charge in [0.05, 0.1) is 49.8 Å². The third-order valence-electron chi connectivity index (χ3n) is 18.4. The number of rotatable bonds is 10. The average Bonchev–Trinajstić information content (AvgIpc) is 1.53. The third-order valence-corrected chi connectivity index (χ3v) is 23.2. The fourth-order valence-corrected chi connectivity index (χ4v) is 19.2. The summed E-state index contributed by atoms with van der Waals surface area (Å²) in [5.41, 5.74) is 12.7. The molecule has 0 saturated carbocycles. The highest BCUT2D eigenvalue weighted by Gasteiger charge is 2.41. The summed E-state index contributed by atoms with van der Waals surface area (Å²) in [6, 6.07) is 117. The Morgan fingerprint density at radius 3 is 0.809 bits per heavy atom. The zero-order valence-corrected chi connectivity index (χ0v) is 49.2. The molecule has 0 saturated heterocycles. The molecule has 12 aromatic carbocycles. The maximum atomic E-state index is 5.65. The van der Waals surface area contributed by atoms with Gasteiger partial charge in [0.15, 0.2) is 8.07 Å². The molecule has 0 N–H and O–H groups in total. The molecule has 18 rings (SSSR count). The second-order valence-corrected chi connectivity index (χ2v) is 26.9. The van der Waals surface area contributed by atoms with Crippen LogP contribution in [0.4, 0.5) is 0 Å². The molecule has 6 heterocycles. The number of benzene rings is 12. The van der Waals surface area contributed by atoms with Gasteiger partial charge in [-0.3, -0.25) is 18.3 Å². The van der Waals surface area contributed by atoms with E-state index in [1.807, 2.05) is 0 Å². The van der Waals surface area contributed by atoms with Crippen LogP contribution in [0.1, 0.15) is 0 Å². The monoisotopic (exact) mass is 1150 g/mol. The SMILES string of the molecule is c1ccc([Si](c2ccccc2)(c2ccc(-c3cc(-n4c5ccccc5c5ccccc54)nc(-n4c5ccccc5c5ccccc54)c3)cc2)c2ccc(-c3cc(-n4c5ccccc5c5ccccc54)nc(-n4c5ccccc5c5ccccc54)n3)cc2)cc1. The fourth-order valence-electron chi connectivity index (χ4n) is 14.5. The van der Waals surface area contributed by atoms with E-state index in [0.29, 0.717) is 5.95 Å². The molecule has 0 amide bonds. The lowest BCUT2D eigenvalue weighted by molar-refractivity contribution is 0.952. The van der Waals surface area contributed by atoms with Gasteiger partial charge in [0.2, 0.25) is 5.95 Å². The molecule has 7 nitrogen and oxygen atoms in total. The molecule has 0 aliphatic heterocycles. The first-order valence-electron chi connectivity index (χ1n) is 30.3. The van der Waals surface area contributed by atoms with Gasteiger partial charge in [-0.2, -0.15) is 4.98 Å². The molecule has 0 radical (unpaired) electrons. The van der Waals surface area contributed by atoms with Crippen LogP contribution in [0.2, 0.25) is 0 Å². The summed E-state index contributed by atoms with van der Waals surface area (Å²) in [6.45, 7) is 0. The van der Waals surface area contributed by atoms with Crippen LogP contribution in [0.3, 0.4) is 0 Å². The maximum Gasteiger partial charge on any atom is 0.237 e. The molecule has 416 valence electrons. The largest absolute Gasteiger partial charge is 0.294 e. The molecular formula is C81H53N7Si. The van der Waals surface area contributed by atoms with E-state index < -0.39 is 8.07 Å². The minimum atomic E-state index is -3.07. The number of fused-ring (bicyclic) bond motifs is 12. The first kappa shape index (κ1) is 50.6. The molecule has 0 fully saturated rings. The number of hydrogen-bond donors (Lipinski definition) is 0. The van der Waals surface area contributed by atoms with Crippen molar-refractivity contribution in [2.75, 3.05) is 0 Å². The smallest absolute Gasteiger partial charge is 0.237 e. The van der Waals surface area contributed by atoms with E-state index in [1.54, 1.807) is 0 Å². The molecule has 18 aromatic rings. The van der Waals surface area contributed by atoms with Crippen LogP contribution < -0.4 is 20.7 Å². The van der Waals surface area contributed by atoms with Gasteiger partial charge in [0.25, 0.3) is 0 Å². The molecule has 0 aliphatic carbocycles. The lowest BCUT2D eigenvalue weighted by atomic mass is 10.1. The van der Waals surface area contributed by atoms with Gasteiger partial charge in [-0.05, 0) is 92.5 Å². The van der Waals surface area contributed by atoms with Crippen molar-refractivity contribution in [1.29, 1.82) is 0 Å². The zero-order chi connectivity index (χ0) is 58.6. The Morgan fingerprint density at radius 1 is 0.202 bits per heavy atom. The molecule has 89 heavy (non-hydrogen) atoms. The van der Waals surface area contributed by atoms with E-state index in [4.69, 9.17) is 15.0 Å². The Balaban J connectivity index is 0.825. The highest BCUT2D eigenvalue weighted by atomic mass is 28.3. The van der Waals surface area contributed by atoms with Gasteiger partial charge < -0.3 is 0 Å². The number of aromatic nitrogens is 7. The third kappa shape index (κ3) is 7.80. The molecular weight excluding hydrogens is 1100 g/mol. The van der Waals surface area contributed by atoms with Crippen molar-refractivity contribution >= 4 is 116 Å². The summed E-state index contributed by atoms with van der Waals surface area (Å²) < 4.78 is 9.21. The highest BCUT2D eigenvalue weighted by molar-refractivity contribution is 7.19.